The molecular formula is C14H22BrFN2. The van der Waals surface area contributed by atoms with Gasteiger partial charge < -0.3 is 5.73 Å². The Bertz CT molecular complexity index is 401. The van der Waals surface area contributed by atoms with Crippen molar-refractivity contribution in [3.63, 3.8) is 0 Å². The fraction of sp³-hybridized carbons (Fsp3) is 0.571. The molecule has 0 saturated heterocycles. The lowest BCUT2D eigenvalue weighted by Gasteiger charge is -2.33. The van der Waals surface area contributed by atoms with Crippen LogP contribution in [-0.2, 0) is 0 Å². The summed E-state index contributed by atoms with van der Waals surface area (Å²) in [7, 11) is 2.03. The highest BCUT2D eigenvalue weighted by molar-refractivity contribution is 9.10. The first-order valence-electron chi connectivity index (χ1n) is 6.10. The maximum Gasteiger partial charge on any atom is 0.137 e. The molecule has 1 rings (SSSR count). The van der Waals surface area contributed by atoms with Crippen molar-refractivity contribution in [1.29, 1.82) is 0 Å². The Balaban J connectivity index is 2.91. The van der Waals surface area contributed by atoms with E-state index < -0.39 is 0 Å². The van der Waals surface area contributed by atoms with Crippen molar-refractivity contribution in [3.8, 4) is 0 Å². The molecule has 4 heteroatoms. The summed E-state index contributed by atoms with van der Waals surface area (Å²) < 4.78 is 14.1. The molecular weight excluding hydrogens is 295 g/mol. The summed E-state index contributed by atoms with van der Waals surface area (Å²) in [6.45, 7) is 7.93. The van der Waals surface area contributed by atoms with Crippen LogP contribution < -0.4 is 5.73 Å². The van der Waals surface area contributed by atoms with E-state index in [2.05, 4.69) is 41.6 Å². The van der Waals surface area contributed by atoms with E-state index in [0.29, 0.717) is 11.0 Å². The lowest BCUT2D eigenvalue weighted by atomic mass is 9.94. The monoisotopic (exact) mass is 316 g/mol. The minimum Gasteiger partial charge on any atom is -0.329 e. The normalized spacial score (nSPS) is 14.0. The van der Waals surface area contributed by atoms with Gasteiger partial charge in [0.2, 0.25) is 0 Å². The van der Waals surface area contributed by atoms with E-state index >= 15 is 0 Å². The molecule has 1 atom stereocenters. The first kappa shape index (κ1) is 15.6. The standard InChI is InChI=1S/C14H22BrFN2/c1-14(2,3)9-18(4)13(8-17)10-5-6-11(15)12(16)7-10/h5-7,13H,8-9,17H2,1-4H3. The molecule has 0 aliphatic rings. The minimum absolute atomic E-state index is 0.0480. The van der Waals surface area contributed by atoms with Gasteiger partial charge in [0.25, 0.3) is 0 Å². The van der Waals surface area contributed by atoms with Crippen LogP contribution >= 0.6 is 15.9 Å². The Morgan fingerprint density at radius 1 is 1.39 bits per heavy atom. The first-order chi connectivity index (χ1) is 8.24. The lowest BCUT2D eigenvalue weighted by molar-refractivity contribution is 0.175. The highest BCUT2D eigenvalue weighted by atomic mass is 79.9. The summed E-state index contributed by atoms with van der Waals surface area (Å²) in [6.07, 6.45) is 0. The Morgan fingerprint density at radius 3 is 2.44 bits per heavy atom. The minimum atomic E-state index is -0.241. The first-order valence-corrected chi connectivity index (χ1v) is 6.89. The SMILES string of the molecule is CN(CC(C)(C)C)C(CN)c1ccc(Br)c(F)c1. The predicted molar refractivity (Wildman–Crippen MR) is 78.0 cm³/mol. The van der Waals surface area contributed by atoms with Gasteiger partial charge in [0.1, 0.15) is 5.82 Å². The number of hydrogen-bond donors (Lipinski definition) is 1. The van der Waals surface area contributed by atoms with Gasteiger partial charge in [-0.05, 0) is 46.1 Å². The molecule has 0 saturated carbocycles. The summed E-state index contributed by atoms with van der Waals surface area (Å²) in [5.41, 5.74) is 6.95. The van der Waals surface area contributed by atoms with E-state index in [0.717, 1.165) is 12.1 Å². The van der Waals surface area contributed by atoms with E-state index in [-0.39, 0.29) is 17.3 Å². The van der Waals surface area contributed by atoms with Gasteiger partial charge in [-0.15, -0.1) is 0 Å². The second-order valence-electron chi connectivity index (χ2n) is 5.90. The number of nitrogens with zero attached hydrogens (tertiary/aromatic N) is 1. The zero-order chi connectivity index (χ0) is 13.9. The van der Waals surface area contributed by atoms with Crippen LogP contribution in [0.1, 0.15) is 32.4 Å². The van der Waals surface area contributed by atoms with Crippen LogP contribution in [0, 0.1) is 11.2 Å². The van der Waals surface area contributed by atoms with Crippen molar-refractivity contribution in [2.24, 2.45) is 11.1 Å². The molecule has 0 heterocycles. The van der Waals surface area contributed by atoms with Crippen molar-refractivity contribution in [2.45, 2.75) is 26.8 Å². The number of likely N-dealkylation sites (N-methyl/N-ethyl adjacent to an activating group) is 1. The van der Waals surface area contributed by atoms with E-state index in [9.17, 15) is 4.39 Å². The highest BCUT2D eigenvalue weighted by Crippen LogP contribution is 2.26. The van der Waals surface area contributed by atoms with Crippen LogP contribution in [-0.4, -0.2) is 25.0 Å². The van der Waals surface area contributed by atoms with Crippen LogP contribution in [0.15, 0.2) is 22.7 Å². The Hall–Kier alpha value is -0.450. The van der Waals surface area contributed by atoms with E-state index in [1.807, 2.05) is 13.1 Å². The molecule has 1 aromatic rings. The van der Waals surface area contributed by atoms with Crippen molar-refractivity contribution in [1.82, 2.24) is 4.90 Å². The Kier molecular flexibility index (Phi) is 5.32. The molecule has 1 unspecified atom stereocenters. The molecule has 2 nitrogen and oxygen atoms in total. The quantitative estimate of drug-likeness (QED) is 0.920. The smallest absolute Gasteiger partial charge is 0.137 e. The molecule has 1 aromatic carbocycles. The number of benzene rings is 1. The second kappa shape index (κ2) is 6.13. The molecule has 2 N–H and O–H groups in total. The molecule has 18 heavy (non-hydrogen) atoms. The largest absolute Gasteiger partial charge is 0.329 e. The molecule has 0 fully saturated rings. The van der Waals surface area contributed by atoms with E-state index in [1.54, 1.807) is 12.1 Å². The fourth-order valence-corrected chi connectivity index (χ4v) is 2.40. The fourth-order valence-electron chi connectivity index (χ4n) is 2.15. The average molecular weight is 317 g/mol. The van der Waals surface area contributed by atoms with Gasteiger partial charge in [-0.1, -0.05) is 26.8 Å². The third-order valence-corrected chi connectivity index (χ3v) is 3.45. The second-order valence-corrected chi connectivity index (χ2v) is 6.76. The lowest BCUT2D eigenvalue weighted by Crippen LogP contribution is -2.36. The molecule has 102 valence electrons. The molecule has 0 radical (unpaired) electrons. The van der Waals surface area contributed by atoms with Crippen LogP contribution in [0.25, 0.3) is 0 Å². The third-order valence-electron chi connectivity index (χ3n) is 2.81. The van der Waals surface area contributed by atoms with Gasteiger partial charge >= 0.3 is 0 Å². The van der Waals surface area contributed by atoms with Gasteiger partial charge in [-0.2, -0.15) is 0 Å². The molecule has 0 amide bonds. The number of rotatable bonds is 4. The zero-order valence-electron chi connectivity index (χ0n) is 11.5. The summed E-state index contributed by atoms with van der Waals surface area (Å²) in [5, 5.41) is 0. The van der Waals surface area contributed by atoms with Gasteiger partial charge in [-0.25, -0.2) is 4.39 Å². The van der Waals surface area contributed by atoms with Crippen LogP contribution in [0.5, 0.6) is 0 Å². The van der Waals surface area contributed by atoms with Crippen LogP contribution in [0.2, 0.25) is 0 Å². The van der Waals surface area contributed by atoms with E-state index in [4.69, 9.17) is 5.73 Å². The molecule has 0 spiro atoms. The van der Waals surface area contributed by atoms with Gasteiger partial charge in [0.05, 0.1) is 4.47 Å². The van der Waals surface area contributed by atoms with E-state index in [1.165, 1.54) is 0 Å². The van der Waals surface area contributed by atoms with Crippen molar-refractivity contribution >= 4 is 15.9 Å². The highest BCUT2D eigenvalue weighted by Gasteiger charge is 2.21. The van der Waals surface area contributed by atoms with Gasteiger partial charge in [-0.3, -0.25) is 4.90 Å². The molecule has 0 aliphatic carbocycles. The maximum atomic E-state index is 13.6. The third kappa shape index (κ3) is 4.34. The van der Waals surface area contributed by atoms with Crippen LogP contribution in [0.3, 0.4) is 0 Å². The number of hydrogen-bond acceptors (Lipinski definition) is 2. The van der Waals surface area contributed by atoms with Crippen molar-refractivity contribution in [2.75, 3.05) is 20.1 Å². The number of nitrogens with two attached hydrogens (primary N) is 1. The van der Waals surface area contributed by atoms with Crippen molar-refractivity contribution in [3.05, 3.63) is 34.1 Å². The molecule has 0 aromatic heterocycles. The maximum absolute atomic E-state index is 13.6. The zero-order valence-corrected chi connectivity index (χ0v) is 13.1. The summed E-state index contributed by atoms with van der Waals surface area (Å²) in [4.78, 5) is 2.18. The molecule has 0 aliphatic heterocycles. The van der Waals surface area contributed by atoms with Gasteiger partial charge in [0.15, 0.2) is 0 Å². The van der Waals surface area contributed by atoms with Crippen molar-refractivity contribution < 1.29 is 4.39 Å². The summed E-state index contributed by atoms with van der Waals surface area (Å²) >= 11 is 3.17. The van der Waals surface area contributed by atoms with Crippen LogP contribution in [0.4, 0.5) is 4.39 Å². The topological polar surface area (TPSA) is 29.3 Å². The summed E-state index contributed by atoms with van der Waals surface area (Å²) in [5.74, 6) is -0.241. The Morgan fingerprint density at radius 2 is 2.00 bits per heavy atom. The average Bonchev–Trinajstić information content (AvgIpc) is 2.21. The summed E-state index contributed by atoms with van der Waals surface area (Å²) in [6, 6.07) is 5.26. The Labute approximate surface area is 117 Å². The molecule has 0 bridgehead atoms. The van der Waals surface area contributed by atoms with Gasteiger partial charge in [0, 0.05) is 19.1 Å². The predicted octanol–water partition coefficient (Wildman–Crippen LogP) is 3.57. The number of halogens is 2.